The number of carbonyl (C=O) groups is 1. The van der Waals surface area contributed by atoms with E-state index in [4.69, 9.17) is 18.7 Å². The highest BCUT2D eigenvalue weighted by molar-refractivity contribution is 5.75. The lowest BCUT2D eigenvalue weighted by Gasteiger charge is -2.21. The van der Waals surface area contributed by atoms with Crippen LogP contribution in [0.15, 0.2) is 65.0 Å². The average Bonchev–Trinajstić information content (AvgIpc) is 3.55. The molecule has 2 aliphatic rings. The molecular weight excluding hydrogens is 511 g/mol. The lowest BCUT2D eigenvalue weighted by atomic mass is 9.90. The van der Waals surface area contributed by atoms with Crippen LogP contribution < -0.4 is 9.47 Å². The molecule has 0 saturated heterocycles. The fourth-order valence-electron chi connectivity index (χ4n) is 5.47. The van der Waals surface area contributed by atoms with E-state index < -0.39 is 11.9 Å². The van der Waals surface area contributed by atoms with Gasteiger partial charge >= 0.3 is 5.97 Å². The zero-order valence-corrected chi connectivity index (χ0v) is 23.3. The molecule has 40 heavy (non-hydrogen) atoms. The molecule has 0 N–H and O–H groups in total. The number of rotatable bonds is 6. The number of hydrogen-bond acceptors (Lipinski definition) is 7. The maximum atomic E-state index is 15.3. The number of halogens is 1. The van der Waals surface area contributed by atoms with Crippen LogP contribution in [-0.2, 0) is 9.53 Å². The van der Waals surface area contributed by atoms with Gasteiger partial charge in [-0.3, -0.25) is 4.79 Å². The largest absolute Gasteiger partial charge is 0.492 e. The van der Waals surface area contributed by atoms with E-state index in [1.165, 1.54) is 13.2 Å². The summed E-state index contributed by atoms with van der Waals surface area (Å²) in [6.07, 6.45) is 5.19. The third-order valence-corrected chi connectivity index (χ3v) is 7.46. The fourth-order valence-corrected chi connectivity index (χ4v) is 5.47. The van der Waals surface area contributed by atoms with E-state index in [1.54, 1.807) is 13.0 Å². The molecule has 0 fully saturated rings. The summed E-state index contributed by atoms with van der Waals surface area (Å²) in [5.74, 6) is 1.57. The zero-order valence-electron chi connectivity index (χ0n) is 23.3. The monoisotopic (exact) mass is 544 g/mol. The van der Waals surface area contributed by atoms with Crippen molar-refractivity contribution in [2.45, 2.75) is 58.5 Å². The van der Waals surface area contributed by atoms with Gasteiger partial charge in [-0.1, -0.05) is 23.9 Å². The first-order chi connectivity index (χ1) is 19.2. The van der Waals surface area contributed by atoms with E-state index in [-0.39, 0.29) is 18.3 Å². The van der Waals surface area contributed by atoms with Gasteiger partial charge in [-0.2, -0.15) is 4.98 Å². The van der Waals surface area contributed by atoms with Crippen molar-refractivity contribution < 1.29 is 27.9 Å². The molecular formula is C32H33FN2O5. The van der Waals surface area contributed by atoms with Crippen molar-refractivity contribution in [1.82, 2.24) is 10.1 Å². The predicted octanol–water partition coefficient (Wildman–Crippen LogP) is 7.13. The number of ether oxygens (including phenoxy) is 3. The summed E-state index contributed by atoms with van der Waals surface area (Å²) < 4.78 is 37.3. The highest BCUT2D eigenvalue weighted by Crippen LogP contribution is 2.40. The van der Waals surface area contributed by atoms with Crippen LogP contribution in [-0.4, -0.2) is 35.9 Å². The third kappa shape index (κ3) is 5.71. The number of aromatic nitrogens is 2. The second-order valence-corrected chi connectivity index (χ2v) is 10.3. The summed E-state index contributed by atoms with van der Waals surface area (Å²) in [5, 5.41) is 4.04. The number of methoxy groups -OCH3 is 1. The van der Waals surface area contributed by atoms with Gasteiger partial charge in [-0.25, -0.2) is 4.39 Å². The number of benzene rings is 2. The lowest BCUT2D eigenvalue weighted by molar-refractivity contribution is -0.141. The normalized spacial score (nSPS) is 21.6. The number of aryl methyl sites for hydroxylation is 3. The molecule has 1 aromatic heterocycles. The van der Waals surface area contributed by atoms with Crippen LogP contribution in [0.2, 0.25) is 0 Å². The molecule has 1 aliphatic heterocycles. The Balaban J connectivity index is 1.32. The minimum Gasteiger partial charge on any atom is -0.492 e. The minimum atomic E-state index is -0.527. The van der Waals surface area contributed by atoms with Gasteiger partial charge in [0.15, 0.2) is 0 Å². The summed E-state index contributed by atoms with van der Waals surface area (Å²) in [5.41, 5.74) is 6.40. The van der Waals surface area contributed by atoms with Gasteiger partial charge < -0.3 is 18.7 Å². The molecule has 0 spiro atoms. The van der Waals surface area contributed by atoms with Crippen molar-refractivity contribution in [1.29, 1.82) is 0 Å². The Morgan fingerprint density at radius 1 is 1.15 bits per heavy atom. The van der Waals surface area contributed by atoms with Crippen molar-refractivity contribution in [3.8, 4) is 22.9 Å². The molecule has 0 saturated carbocycles. The summed E-state index contributed by atoms with van der Waals surface area (Å²) in [7, 11) is 1.38. The van der Waals surface area contributed by atoms with Gasteiger partial charge in [0.1, 0.15) is 23.4 Å². The predicted molar refractivity (Wildman–Crippen MR) is 150 cm³/mol. The first-order valence-electron chi connectivity index (χ1n) is 13.4. The molecule has 208 valence electrons. The van der Waals surface area contributed by atoms with Gasteiger partial charge in [-0.15, -0.1) is 0 Å². The lowest BCUT2D eigenvalue weighted by Crippen LogP contribution is -2.19. The maximum Gasteiger partial charge on any atom is 0.306 e. The van der Waals surface area contributed by atoms with E-state index in [0.717, 1.165) is 46.2 Å². The quantitative estimate of drug-likeness (QED) is 0.305. The zero-order chi connectivity index (χ0) is 28.4. The summed E-state index contributed by atoms with van der Waals surface area (Å²) in [4.78, 5) is 16.1. The van der Waals surface area contributed by atoms with Gasteiger partial charge in [-0.05, 0) is 79.6 Å². The molecule has 0 amide bonds. The topological polar surface area (TPSA) is 83.7 Å². The van der Waals surface area contributed by atoms with Crippen LogP contribution >= 0.6 is 0 Å². The Kier molecular flexibility index (Phi) is 7.87. The third-order valence-electron chi connectivity index (χ3n) is 7.46. The standard InChI is InChI=1S/C32H33FN2O5/c1-18-13-23(32-34-21(4)40-35-32)14-19(2)31(18)22-7-6-8-28(20(3)27(33)12-9-22)39-25-10-11-26-24(15-30(36)37-5)17-38-29(26)16-25/h9-14,16,24,28H,3,6-8,15,17H2,1-2,4-5H3/b22-9+,27-12+/t24-,28-/m1/s1. The van der Waals surface area contributed by atoms with Crippen molar-refractivity contribution >= 4 is 11.5 Å². The highest BCUT2D eigenvalue weighted by Gasteiger charge is 2.28. The van der Waals surface area contributed by atoms with Crippen molar-refractivity contribution in [3.63, 3.8) is 0 Å². The average molecular weight is 545 g/mol. The van der Waals surface area contributed by atoms with Gasteiger partial charge in [0.05, 0.1) is 20.1 Å². The number of allylic oxidation sites excluding steroid dienone is 3. The van der Waals surface area contributed by atoms with E-state index in [1.807, 2.05) is 44.2 Å². The van der Waals surface area contributed by atoms with Crippen LogP contribution in [0.25, 0.3) is 17.0 Å². The van der Waals surface area contributed by atoms with E-state index in [9.17, 15) is 4.79 Å². The Hall–Kier alpha value is -4.20. The van der Waals surface area contributed by atoms with Crippen LogP contribution in [0.3, 0.4) is 0 Å². The van der Waals surface area contributed by atoms with Crippen LogP contribution in [0, 0.1) is 20.8 Å². The van der Waals surface area contributed by atoms with Crippen LogP contribution in [0.4, 0.5) is 4.39 Å². The molecule has 2 aromatic carbocycles. The van der Waals surface area contributed by atoms with Gasteiger partial charge in [0.2, 0.25) is 11.7 Å². The Morgan fingerprint density at radius 3 is 2.62 bits per heavy atom. The van der Waals surface area contributed by atoms with E-state index in [0.29, 0.717) is 41.8 Å². The number of carbonyl (C=O) groups excluding carboxylic acids is 1. The Labute approximate surface area is 233 Å². The molecule has 3 aromatic rings. The number of fused-ring (bicyclic) bond motifs is 1. The van der Waals surface area contributed by atoms with Gasteiger partial charge in [0.25, 0.3) is 0 Å². The molecule has 5 rings (SSSR count). The highest BCUT2D eigenvalue weighted by atomic mass is 19.1. The molecule has 0 radical (unpaired) electrons. The number of hydrogen-bond donors (Lipinski definition) is 0. The summed E-state index contributed by atoms with van der Waals surface area (Å²) >= 11 is 0. The van der Waals surface area contributed by atoms with Crippen molar-refractivity contribution in [2.24, 2.45) is 0 Å². The number of nitrogens with zero attached hydrogens (tertiary/aromatic N) is 2. The Bertz CT molecular complexity index is 1500. The minimum absolute atomic E-state index is 0.0569. The van der Waals surface area contributed by atoms with Crippen molar-refractivity contribution in [2.75, 3.05) is 13.7 Å². The summed E-state index contributed by atoms with van der Waals surface area (Å²) in [6, 6.07) is 9.62. The van der Waals surface area contributed by atoms with Crippen molar-refractivity contribution in [3.05, 3.63) is 88.6 Å². The fraction of sp³-hybridized carbons (Fsp3) is 0.344. The summed E-state index contributed by atoms with van der Waals surface area (Å²) in [6.45, 7) is 10.3. The first-order valence-corrected chi connectivity index (χ1v) is 13.4. The van der Waals surface area contributed by atoms with Crippen LogP contribution in [0.1, 0.15) is 59.7 Å². The van der Waals surface area contributed by atoms with Gasteiger partial charge in [0, 0.05) is 35.6 Å². The Morgan fingerprint density at radius 2 is 1.93 bits per heavy atom. The maximum absolute atomic E-state index is 15.3. The molecule has 2 atom stereocenters. The van der Waals surface area contributed by atoms with Crippen LogP contribution in [0.5, 0.6) is 11.5 Å². The second kappa shape index (κ2) is 11.5. The molecule has 0 unspecified atom stereocenters. The molecule has 8 heteroatoms. The van der Waals surface area contributed by atoms with E-state index >= 15 is 4.39 Å². The van der Waals surface area contributed by atoms with E-state index in [2.05, 4.69) is 16.7 Å². The molecule has 7 nitrogen and oxygen atoms in total. The smallest absolute Gasteiger partial charge is 0.306 e. The second-order valence-electron chi connectivity index (χ2n) is 10.3. The molecule has 2 heterocycles. The molecule has 1 aliphatic carbocycles. The first kappa shape index (κ1) is 27.4. The molecule has 0 bridgehead atoms. The SMILES string of the molecule is C=C1/C(F)=C\C=C(\c2c(C)cc(-c3noc(C)n3)cc2C)CCC[C@H]1Oc1ccc2c(c1)OC[C@H]2CC(=O)OC. The number of esters is 1.